The monoisotopic (exact) mass is 292 g/mol. The molecule has 0 saturated carbocycles. The first-order valence-electron chi connectivity index (χ1n) is 6.35. The molecular weight excluding hydrogens is 273 g/mol. The van der Waals surface area contributed by atoms with E-state index in [1.165, 1.54) is 0 Å². The molecule has 0 fully saturated rings. The van der Waals surface area contributed by atoms with Crippen LogP contribution in [0.25, 0.3) is 0 Å². The van der Waals surface area contributed by atoms with Gasteiger partial charge in [-0.2, -0.15) is 13.2 Å². The summed E-state index contributed by atoms with van der Waals surface area (Å²) >= 11 is 0. The van der Waals surface area contributed by atoms with Gasteiger partial charge < -0.3 is 14.6 Å². The van der Waals surface area contributed by atoms with Gasteiger partial charge in [-0.1, -0.05) is 11.6 Å². The van der Waals surface area contributed by atoms with Crippen molar-refractivity contribution >= 4 is 0 Å². The van der Waals surface area contributed by atoms with Gasteiger partial charge in [0.15, 0.2) is 0 Å². The first-order valence-corrected chi connectivity index (χ1v) is 6.35. The molecule has 0 amide bonds. The first kappa shape index (κ1) is 16.8. The van der Waals surface area contributed by atoms with E-state index in [4.69, 9.17) is 4.74 Å². The summed E-state index contributed by atoms with van der Waals surface area (Å²) in [6, 6.07) is 5.41. The molecule has 114 valence electrons. The van der Waals surface area contributed by atoms with Crippen LogP contribution in [0.4, 0.5) is 13.2 Å². The summed E-state index contributed by atoms with van der Waals surface area (Å²) in [5.74, 6) is 0.543. The lowest BCUT2D eigenvalue weighted by atomic mass is 10.1. The minimum Gasteiger partial charge on any atom is -0.493 e. The summed E-state index contributed by atoms with van der Waals surface area (Å²) in [7, 11) is 0. The Bertz CT molecular complexity index is 417. The fourth-order valence-corrected chi connectivity index (χ4v) is 1.66. The third-order valence-corrected chi connectivity index (χ3v) is 2.57. The van der Waals surface area contributed by atoms with E-state index in [9.17, 15) is 18.3 Å². The zero-order valence-electron chi connectivity index (χ0n) is 11.5. The molecule has 1 atom stereocenters. The molecule has 0 aromatic heterocycles. The Morgan fingerprint density at radius 3 is 2.55 bits per heavy atom. The number of alkyl halides is 3. The van der Waals surface area contributed by atoms with E-state index in [-0.39, 0.29) is 13.2 Å². The molecule has 0 heterocycles. The van der Waals surface area contributed by atoms with Gasteiger partial charge in [0.25, 0.3) is 0 Å². The predicted molar refractivity (Wildman–Crippen MR) is 68.8 cm³/mol. The van der Waals surface area contributed by atoms with Crippen molar-refractivity contribution in [3.63, 3.8) is 0 Å². The molecule has 20 heavy (non-hydrogen) atoms. The highest BCUT2D eigenvalue weighted by atomic mass is 19.4. The minimum atomic E-state index is -4.29. The minimum absolute atomic E-state index is 0.0185. The third-order valence-electron chi connectivity index (χ3n) is 2.57. The number of benzene rings is 1. The predicted octanol–water partition coefficient (Wildman–Crippen LogP) is 3.40. The number of aliphatic hydroxyl groups excluding tert-OH is 1. The second kappa shape index (κ2) is 7.50. The van der Waals surface area contributed by atoms with Crippen molar-refractivity contribution in [3.8, 4) is 5.75 Å². The maximum absolute atomic E-state index is 11.8. The number of aliphatic hydroxyl groups is 1. The number of hydrogen-bond donors (Lipinski definition) is 1. The smallest absolute Gasteiger partial charge is 0.411 e. The molecule has 1 unspecified atom stereocenters. The third kappa shape index (κ3) is 6.25. The van der Waals surface area contributed by atoms with Crippen molar-refractivity contribution in [2.75, 3.05) is 19.8 Å². The highest BCUT2D eigenvalue weighted by Gasteiger charge is 2.27. The van der Waals surface area contributed by atoms with Gasteiger partial charge in [-0.15, -0.1) is 0 Å². The largest absolute Gasteiger partial charge is 0.493 e. The van der Waals surface area contributed by atoms with Gasteiger partial charge >= 0.3 is 6.18 Å². The van der Waals surface area contributed by atoms with Crippen molar-refractivity contribution in [2.45, 2.75) is 32.5 Å². The van der Waals surface area contributed by atoms with E-state index in [0.29, 0.717) is 17.7 Å². The molecule has 6 heteroatoms. The van der Waals surface area contributed by atoms with Crippen molar-refractivity contribution in [1.29, 1.82) is 0 Å². The molecule has 3 nitrogen and oxygen atoms in total. The fraction of sp³-hybridized carbons (Fsp3) is 0.571. The van der Waals surface area contributed by atoms with E-state index in [2.05, 4.69) is 4.74 Å². The van der Waals surface area contributed by atoms with Gasteiger partial charge in [-0.25, -0.2) is 0 Å². The fourth-order valence-electron chi connectivity index (χ4n) is 1.66. The molecule has 0 aliphatic heterocycles. The molecule has 0 spiro atoms. The molecule has 1 rings (SSSR count). The average Bonchev–Trinajstić information content (AvgIpc) is 2.33. The maximum atomic E-state index is 11.8. The van der Waals surface area contributed by atoms with Crippen LogP contribution in [0.1, 0.15) is 30.6 Å². The van der Waals surface area contributed by atoms with Crippen LogP contribution in [0, 0.1) is 6.92 Å². The SMILES string of the molecule is Cc1ccc(OCCCOCC(F)(F)F)c(C(C)O)c1. The molecule has 0 aliphatic rings. The summed E-state index contributed by atoms with van der Waals surface area (Å²) in [6.45, 7) is 2.52. The van der Waals surface area contributed by atoms with Gasteiger partial charge in [-0.05, 0) is 26.0 Å². The average molecular weight is 292 g/mol. The Morgan fingerprint density at radius 1 is 1.25 bits per heavy atom. The molecule has 1 aromatic carbocycles. The van der Waals surface area contributed by atoms with Gasteiger partial charge in [0, 0.05) is 12.0 Å². The molecule has 1 aromatic rings. The van der Waals surface area contributed by atoms with Gasteiger partial charge in [0.1, 0.15) is 12.4 Å². The Kier molecular flexibility index (Phi) is 6.29. The van der Waals surface area contributed by atoms with Crippen LogP contribution in [-0.4, -0.2) is 31.1 Å². The van der Waals surface area contributed by atoms with E-state index >= 15 is 0 Å². The van der Waals surface area contributed by atoms with E-state index < -0.39 is 18.9 Å². The number of halogens is 3. The first-order chi connectivity index (χ1) is 9.29. The Labute approximate surface area is 116 Å². The van der Waals surface area contributed by atoms with Crippen molar-refractivity contribution in [1.82, 2.24) is 0 Å². The van der Waals surface area contributed by atoms with Crippen molar-refractivity contribution in [3.05, 3.63) is 29.3 Å². The highest BCUT2D eigenvalue weighted by Crippen LogP contribution is 2.26. The van der Waals surface area contributed by atoms with E-state index in [1.54, 1.807) is 13.0 Å². The van der Waals surface area contributed by atoms with Crippen LogP contribution in [-0.2, 0) is 4.74 Å². The Balaban J connectivity index is 2.35. The number of ether oxygens (including phenoxy) is 2. The lowest BCUT2D eigenvalue weighted by Gasteiger charge is -2.14. The lowest BCUT2D eigenvalue weighted by molar-refractivity contribution is -0.174. The summed E-state index contributed by atoms with van der Waals surface area (Å²) < 4.78 is 45.4. The molecular formula is C14H19F3O3. The zero-order valence-corrected chi connectivity index (χ0v) is 11.5. The van der Waals surface area contributed by atoms with Crippen molar-refractivity contribution in [2.24, 2.45) is 0 Å². The standard InChI is InChI=1S/C14H19F3O3/c1-10-4-5-13(12(8-10)11(2)18)20-7-3-6-19-9-14(15,16)17/h4-5,8,11,18H,3,6-7,9H2,1-2H3. The zero-order chi connectivity index (χ0) is 15.2. The van der Waals surface area contributed by atoms with Crippen LogP contribution >= 0.6 is 0 Å². The highest BCUT2D eigenvalue weighted by molar-refractivity contribution is 5.38. The van der Waals surface area contributed by atoms with Crippen LogP contribution in [0.5, 0.6) is 5.75 Å². The van der Waals surface area contributed by atoms with Crippen LogP contribution in [0.15, 0.2) is 18.2 Å². The second-order valence-electron chi connectivity index (χ2n) is 4.59. The number of rotatable bonds is 7. The summed E-state index contributed by atoms with van der Waals surface area (Å²) in [4.78, 5) is 0. The molecule has 0 bridgehead atoms. The number of aryl methyl sites for hydroxylation is 1. The second-order valence-corrected chi connectivity index (χ2v) is 4.59. The van der Waals surface area contributed by atoms with Crippen molar-refractivity contribution < 1.29 is 27.8 Å². The van der Waals surface area contributed by atoms with Crippen LogP contribution < -0.4 is 4.74 Å². The molecule has 0 saturated heterocycles. The summed E-state index contributed by atoms with van der Waals surface area (Å²) in [5.41, 5.74) is 1.67. The Morgan fingerprint density at radius 2 is 1.95 bits per heavy atom. The number of hydrogen-bond acceptors (Lipinski definition) is 3. The maximum Gasteiger partial charge on any atom is 0.411 e. The van der Waals surface area contributed by atoms with E-state index in [0.717, 1.165) is 5.56 Å². The normalized spacial score (nSPS) is 13.3. The van der Waals surface area contributed by atoms with Crippen LogP contribution in [0.3, 0.4) is 0 Å². The topological polar surface area (TPSA) is 38.7 Å². The lowest BCUT2D eigenvalue weighted by Crippen LogP contribution is -2.18. The van der Waals surface area contributed by atoms with Gasteiger partial charge in [0.05, 0.1) is 19.3 Å². The molecule has 0 aliphatic carbocycles. The summed E-state index contributed by atoms with van der Waals surface area (Å²) in [6.07, 6.45) is -4.60. The molecule has 0 radical (unpaired) electrons. The van der Waals surface area contributed by atoms with Gasteiger partial charge in [0.2, 0.25) is 0 Å². The summed E-state index contributed by atoms with van der Waals surface area (Å²) in [5, 5.41) is 9.63. The Hall–Kier alpha value is -1.27. The van der Waals surface area contributed by atoms with E-state index in [1.807, 2.05) is 19.1 Å². The quantitative estimate of drug-likeness (QED) is 0.783. The molecule has 1 N–H and O–H groups in total. The van der Waals surface area contributed by atoms with Gasteiger partial charge in [-0.3, -0.25) is 0 Å². The van der Waals surface area contributed by atoms with Crippen LogP contribution in [0.2, 0.25) is 0 Å².